The molecule has 6 nitrogen and oxygen atoms in total. The van der Waals surface area contributed by atoms with E-state index in [0.717, 1.165) is 12.2 Å². The van der Waals surface area contributed by atoms with Crippen LogP contribution in [0.4, 0.5) is 11.4 Å². The van der Waals surface area contributed by atoms with Crippen molar-refractivity contribution in [2.24, 2.45) is 0 Å². The molecule has 168 valence electrons. The van der Waals surface area contributed by atoms with Crippen molar-refractivity contribution in [3.05, 3.63) is 47.0 Å². The second kappa shape index (κ2) is 11.3. The van der Waals surface area contributed by atoms with Crippen molar-refractivity contribution in [1.29, 1.82) is 0 Å². The summed E-state index contributed by atoms with van der Waals surface area (Å²) in [5, 5.41) is 6.54. The normalized spacial score (nSPS) is 14.4. The van der Waals surface area contributed by atoms with Gasteiger partial charge in [0.25, 0.3) is 0 Å². The lowest BCUT2D eigenvalue weighted by Crippen LogP contribution is -2.33. The van der Waals surface area contributed by atoms with Crippen LogP contribution in [0.5, 0.6) is 11.5 Å². The highest BCUT2D eigenvalue weighted by molar-refractivity contribution is 6.32. The van der Waals surface area contributed by atoms with Crippen LogP contribution in [-0.4, -0.2) is 44.7 Å². The first-order valence-corrected chi connectivity index (χ1v) is 11.1. The maximum absolute atomic E-state index is 12.6. The predicted molar refractivity (Wildman–Crippen MR) is 126 cm³/mol. The van der Waals surface area contributed by atoms with Crippen LogP contribution in [-0.2, 0) is 11.3 Å². The van der Waals surface area contributed by atoms with Crippen molar-refractivity contribution in [3.63, 3.8) is 0 Å². The smallest absolute Gasteiger partial charge is 0.243 e. The molecule has 1 saturated carbocycles. The molecule has 7 heteroatoms. The van der Waals surface area contributed by atoms with Crippen molar-refractivity contribution in [2.45, 2.75) is 44.7 Å². The number of rotatable bonds is 9. The Kier molecular flexibility index (Phi) is 8.43. The zero-order valence-electron chi connectivity index (χ0n) is 18.5. The van der Waals surface area contributed by atoms with Gasteiger partial charge in [-0.3, -0.25) is 9.69 Å². The van der Waals surface area contributed by atoms with Gasteiger partial charge in [-0.25, -0.2) is 0 Å². The highest BCUT2D eigenvalue weighted by Gasteiger charge is 2.19. The molecular weight excluding hydrogens is 414 g/mol. The van der Waals surface area contributed by atoms with E-state index in [1.807, 2.05) is 18.2 Å². The Hall–Kier alpha value is -2.44. The van der Waals surface area contributed by atoms with E-state index in [9.17, 15) is 4.79 Å². The number of hydrogen-bond acceptors (Lipinski definition) is 5. The molecule has 2 aromatic carbocycles. The fourth-order valence-corrected chi connectivity index (χ4v) is 4.32. The molecule has 0 aliphatic heterocycles. The third-order valence-electron chi connectivity index (χ3n) is 5.82. The number of ether oxygens (including phenoxy) is 2. The summed E-state index contributed by atoms with van der Waals surface area (Å²) in [7, 11) is 5.26. The van der Waals surface area contributed by atoms with Crippen molar-refractivity contribution >= 4 is 28.9 Å². The lowest BCUT2D eigenvalue weighted by molar-refractivity contribution is -0.114. The maximum Gasteiger partial charge on any atom is 0.243 e. The van der Waals surface area contributed by atoms with Crippen molar-refractivity contribution in [1.82, 2.24) is 4.90 Å². The largest absolute Gasteiger partial charge is 0.495 e. The Bertz CT molecular complexity index is 884. The highest BCUT2D eigenvalue weighted by atomic mass is 35.5. The van der Waals surface area contributed by atoms with Crippen LogP contribution >= 0.6 is 11.6 Å². The first-order valence-electron chi connectivity index (χ1n) is 10.7. The Morgan fingerprint density at radius 2 is 1.77 bits per heavy atom. The van der Waals surface area contributed by atoms with Gasteiger partial charge < -0.3 is 20.1 Å². The standard InChI is InChI=1S/C24H32ClN3O3/c1-28(18-10-5-4-6-11-18)16-17-9-7-8-12-20(17)26-15-24(29)27-21-13-19(25)22(30-2)14-23(21)31-3/h7-9,12-14,18,26H,4-6,10-11,15-16H2,1-3H3,(H,27,29). The van der Waals surface area contributed by atoms with Gasteiger partial charge in [-0.05, 0) is 37.6 Å². The summed E-state index contributed by atoms with van der Waals surface area (Å²) in [6.07, 6.45) is 6.51. The van der Waals surface area contributed by atoms with E-state index in [4.69, 9.17) is 21.1 Å². The topological polar surface area (TPSA) is 62.8 Å². The van der Waals surface area contributed by atoms with E-state index in [0.29, 0.717) is 28.3 Å². The summed E-state index contributed by atoms with van der Waals surface area (Å²) in [4.78, 5) is 15.0. The molecule has 0 unspecified atom stereocenters. The van der Waals surface area contributed by atoms with E-state index in [1.165, 1.54) is 51.9 Å². The van der Waals surface area contributed by atoms with E-state index in [-0.39, 0.29) is 12.5 Å². The van der Waals surface area contributed by atoms with Crippen LogP contribution in [0.15, 0.2) is 36.4 Å². The number of methoxy groups -OCH3 is 2. The Morgan fingerprint density at radius 1 is 1.06 bits per heavy atom. The zero-order valence-corrected chi connectivity index (χ0v) is 19.3. The molecule has 1 fully saturated rings. The average molecular weight is 446 g/mol. The molecule has 0 saturated heterocycles. The number of para-hydroxylation sites is 1. The van der Waals surface area contributed by atoms with Gasteiger partial charge in [-0.2, -0.15) is 0 Å². The van der Waals surface area contributed by atoms with E-state index < -0.39 is 0 Å². The molecule has 0 atom stereocenters. The summed E-state index contributed by atoms with van der Waals surface area (Å²) >= 11 is 6.20. The van der Waals surface area contributed by atoms with Crippen LogP contribution in [0.3, 0.4) is 0 Å². The number of nitrogens with one attached hydrogen (secondary N) is 2. The Morgan fingerprint density at radius 3 is 2.48 bits per heavy atom. The van der Waals surface area contributed by atoms with Gasteiger partial charge >= 0.3 is 0 Å². The van der Waals surface area contributed by atoms with Gasteiger partial charge in [0.05, 0.1) is 31.5 Å². The monoisotopic (exact) mass is 445 g/mol. The summed E-state index contributed by atoms with van der Waals surface area (Å²) in [6.45, 7) is 0.994. The number of hydrogen-bond donors (Lipinski definition) is 2. The molecular formula is C24H32ClN3O3. The molecule has 0 radical (unpaired) electrons. The number of carbonyl (C=O) groups excluding carboxylic acids is 1. The SMILES string of the molecule is COc1cc(OC)c(NC(=O)CNc2ccccc2CN(C)C2CCCCC2)cc1Cl. The second-order valence-corrected chi connectivity index (χ2v) is 8.36. The van der Waals surface area contributed by atoms with Gasteiger partial charge in [0.1, 0.15) is 11.5 Å². The second-order valence-electron chi connectivity index (χ2n) is 7.95. The molecule has 0 aromatic heterocycles. The van der Waals surface area contributed by atoms with Gasteiger partial charge in [0, 0.05) is 24.3 Å². The lowest BCUT2D eigenvalue weighted by atomic mass is 9.94. The van der Waals surface area contributed by atoms with Crippen molar-refractivity contribution in [2.75, 3.05) is 38.4 Å². The highest BCUT2D eigenvalue weighted by Crippen LogP contribution is 2.35. The average Bonchev–Trinajstić information content (AvgIpc) is 2.79. The van der Waals surface area contributed by atoms with Crippen LogP contribution in [0, 0.1) is 0 Å². The van der Waals surface area contributed by atoms with Gasteiger partial charge in [0.2, 0.25) is 5.91 Å². The van der Waals surface area contributed by atoms with Crippen molar-refractivity contribution < 1.29 is 14.3 Å². The predicted octanol–water partition coefficient (Wildman–Crippen LogP) is 5.17. The quantitative estimate of drug-likeness (QED) is 0.557. The van der Waals surface area contributed by atoms with Gasteiger partial charge in [-0.1, -0.05) is 49.1 Å². The Labute approximate surface area is 189 Å². The fraction of sp³-hybridized carbons (Fsp3) is 0.458. The number of benzene rings is 2. The lowest BCUT2D eigenvalue weighted by Gasteiger charge is -2.31. The molecule has 0 heterocycles. The molecule has 1 aliphatic rings. The fourth-order valence-electron chi connectivity index (χ4n) is 4.08. The minimum Gasteiger partial charge on any atom is -0.495 e. The summed E-state index contributed by atoms with van der Waals surface area (Å²) < 4.78 is 10.5. The van der Waals surface area contributed by atoms with E-state index in [1.54, 1.807) is 12.1 Å². The first-order chi connectivity index (χ1) is 15.0. The minimum atomic E-state index is -0.185. The molecule has 2 N–H and O–H groups in total. The molecule has 1 aliphatic carbocycles. The van der Waals surface area contributed by atoms with Crippen molar-refractivity contribution in [3.8, 4) is 11.5 Å². The van der Waals surface area contributed by atoms with Gasteiger partial charge in [0.15, 0.2) is 0 Å². The van der Waals surface area contributed by atoms with Gasteiger partial charge in [-0.15, -0.1) is 0 Å². The molecule has 0 spiro atoms. The summed E-state index contributed by atoms with van der Waals surface area (Å²) in [6, 6.07) is 12.1. The minimum absolute atomic E-state index is 0.136. The third-order valence-corrected chi connectivity index (χ3v) is 6.12. The number of carbonyl (C=O) groups is 1. The third kappa shape index (κ3) is 6.28. The van der Waals surface area contributed by atoms with E-state index >= 15 is 0 Å². The van der Waals surface area contributed by atoms with Crippen LogP contribution < -0.4 is 20.1 Å². The molecule has 31 heavy (non-hydrogen) atoms. The zero-order chi connectivity index (χ0) is 22.2. The molecule has 2 aromatic rings. The molecule has 0 bridgehead atoms. The number of halogens is 1. The van der Waals surface area contributed by atoms with Crippen LogP contribution in [0.25, 0.3) is 0 Å². The molecule has 1 amide bonds. The molecule has 3 rings (SSSR count). The van der Waals surface area contributed by atoms with Crippen LogP contribution in [0.2, 0.25) is 5.02 Å². The Balaban J connectivity index is 1.61. The number of anilines is 2. The maximum atomic E-state index is 12.6. The summed E-state index contributed by atoms with van der Waals surface area (Å²) in [5.41, 5.74) is 2.67. The number of amides is 1. The van der Waals surface area contributed by atoms with E-state index in [2.05, 4.69) is 28.6 Å². The van der Waals surface area contributed by atoms with Crippen LogP contribution in [0.1, 0.15) is 37.7 Å². The number of nitrogens with zero attached hydrogens (tertiary/aromatic N) is 1. The summed E-state index contributed by atoms with van der Waals surface area (Å²) in [5.74, 6) is 0.796. The first kappa shape index (κ1) is 23.2.